The third-order valence-corrected chi connectivity index (χ3v) is 1.65. The Morgan fingerprint density at radius 1 is 1.46 bits per heavy atom. The van der Waals surface area contributed by atoms with Crippen LogP contribution in [0.25, 0.3) is 0 Å². The van der Waals surface area contributed by atoms with Crippen LogP contribution in [0.2, 0.25) is 0 Å². The molecule has 0 aromatic carbocycles. The molecule has 13 heavy (non-hydrogen) atoms. The molecule has 0 bridgehead atoms. The van der Waals surface area contributed by atoms with Gasteiger partial charge in [-0.15, -0.1) is 0 Å². The van der Waals surface area contributed by atoms with Crippen molar-refractivity contribution in [3.63, 3.8) is 0 Å². The number of aliphatic imine (C=N–C) groups is 1. The lowest BCUT2D eigenvalue weighted by Gasteiger charge is -2.17. The van der Waals surface area contributed by atoms with E-state index in [0.717, 1.165) is 0 Å². The molecule has 5 N–H and O–H groups in total. The Kier molecular flexibility index (Phi) is 5.62. The van der Waals surface area contributed by atoms with Crippen LogP contribution in [-0.4, -0.2) is 36.4 Å². The molecule has 0 unspecified atom stereocenters. The normalized spacial score (nSPS) is 11.2. The highest BCUT2D eigenvalue weighted by atomic mass is 16.2. The van der Waals surface area contributed by atoms with Gasteiger partial charge in [-0.05, 0) is 13.8 Å². The molecule has 0 spiro atoms. The van der Waals surface area contributed by atoms with Crippen molar-refractivity contribution in [1.29, 1.82) is 0 Å². The molecule has 0 fully saturated rings. The average molecular weight is 187 g/mol. The third-order valence-electron chi connectivity index (χ3n) is 1.65. The number of nitrogens with zero attached hydrogens (tertiary/aromatic N) is 2. The lowest BCUT2D eigenvalue weighted by molar-refractivity contribution is -0.129. The maximum atomic E-state index is 11.3. The van der Waals surface area contributed by atoms with Crippen molar-refractivity contribution in [2.24, 2.45) is 16.6 Å². The maximum Gasteiger partial charge on any atom is 0.244 e. The number of guanidine groups is 1. The van der Waals surface area contributed by atoms with E-state index in [1.165, 1.54) is 0 Å². The number of amides is 1. The molecular weight excluding hydrogens is 170 g/mol. The predicted octanol–water partition coefficient (Wildman–Crippen LogP) is -1.37. The van der Waals surface area contributed by atoms with E-state index in [1.807, 2.05) is 13.8 Å². The quantitative estimate of drug-likeness (QED) is 0.219. The van der Waals surface area contributed by atoms with E-state index in [2.05, 4.69) is 10.4 Å². The second-order valence-corrected chi connectivity index (χ2v) is 2.41. The van der Waals surface area contributed by atoms with Crippen LogP contribution in [0.5, 0.6) is 0 Å². The van der Waals surface area contributed by atoms with Crippen molar-refractivity contribution >= 4 is 11.9 Å². The van der Waals surface area contributed by atoms with Crippen LogP contribution in [0, 0.1) is 0 Å². The highest BCUT2D eigenvalue weighted by molar-refractivity contribution is 5.83. The summed E-state index contributed by atoms with van der Waals surface area (Å²) in [6.45, 7) is 5.23. The average Bonchev–Trinajstić information content (AvgIpc) is 2.16. The molecule has 0 rings (SSSR count). The molecule has 0 heterocycles. The summed E-state index contributed by atoms with van der Waals surface area (Å²) < 4.78 is 0. The summed E-state index contributed by atoms with van der Waals surface area (Å²) >= 11 is 0. The summed E-state index contributed by atoms with van der Waals surface area (Å²) in [5.41, 5.74) is 7.40. The minimum absolute atomic E-state index is 0.0394. The number of carbonyl (C=O) groups is 1. The molecule has 0 aromatic rings. The van der Waals surface area contributed by atoms with Gasteiger partial charge in [0, 0.05) is 13.1 Å². The molecule has 1 amide bonds. The molecule has 0 aliphatic heterocycles. The number of likely N-dealkylation sites (N-methyl/N-ethyl adjacent to an activating group) is 1. The first-order chi connectivity index (χ1) is 6.15. The molecule has 0 aliphatic carbocycles. The van der Waals surface area contributed by atoms with E-state index in [9.17, 15) is 4.79 Å². The van der Waals surface area contributed by atoms with Gasteiger partial charge in [0.25, 0.3) is 0 Å². The van der Waals surface area contributed by atoms with Gasteiger partial charge >= 0.3 is 0 Å². The first-order valence-electron chi connectivity index (χ1n) is 4.20. The zero-order chi connectivity index (χ0) is 10.3. The van der Waals surface area contributed by atoms with Crippen molar-refractivity contribution in [2.75, 3.05) is 19.6 Å². The monoisotopic (exact) mass is 187 g/mol. The van der Waals surface area contributed by atoms with Gasteiger partial charge in [-0.1, -0.05) is 0 Å². The summed E-state index contributed by atoms with van der Waals surface area (Å²) in [5.74, 6) is 4.99. The zero-order valence-corrected chi connectivity index (χ0v) is 8.08. The van der Waals surface area contributed by atoms with Crippen molar-refractivity contribution in [2.45, 2.75) is 13.8 Å². The van der Waals surface area contributed by atoms with Crippen LogP contribution in [-0.2, 0) is 4.79 Å². The lowest BCUT2D eigenvalue weighted by Crippen LogP contribution is -2.39. The fraction of sp³-hybridized carbons (Fsp3) is 0.714. The fourth-order valence-electron chi connectivity index (χ4n) is 0.875. The van der Waals surface area contributed by atoms with E-state index >= 15 is 0 Å². The Labute approximate surface area is 77.9 Å². The predicted molar refractivity (Wildman–Crippen MR) is 51.7 cm³/mol. The summed E-state index contributed by atoms with van der Waals surface area (Å²) in [7, 11) is 0. The third kappa shape index (κ3) is 4.32. The second kappa shape index (κ2) is 6.24. The number of hydrogen-bond acceptors (Lipinski definition) is 3. The van der Waals surface area contributed by atoms with Gasteiger partial charge < -0.3 is 10.6 Å². The van der Waals surface area contributed by atoms with E-state index < -0.39 is 0 Å². The zero-order valence-electron chi connectivity index (χ0n) is 8.08. The molecule has 0 aliphatic rings. The Balaban J connectivity index is 3.99. The van der Waals surface area contributed by atoms with Gasteiger partial charge in [-0.3, -0.25) is 10.2 Å². The molecule has 6 heteroatoms. The van der Waals surface area contributed by atoms with Crippen LogP contribution >= 0.6 is 0 Å². The van der Waals surface area contributed by atoms with E-state index in [4.69, 9.17) is 11.6 Å². The summed E-state index contributed by atoms with van der Waals surface area (Å²) in [6, 6.07) is 0. The Bertz CT molecular complexity index is 187. The molecule has 0 atom stereocenters. The molecule has 0 aromatic heterocycles. The van der Waals surface area contributed by atoms with Crippen LogP contribution in [0.4, 0.5) is 0 Å². The molecular formula is C7H17N5O. The fourth-order valence-corrected chi connectivity index (χ4v) is 0.875. The van der Waals surface area contributed by atoms with Crippen molar-refractivity contribution in [3.05, 3.63) is 0 Å². The van der Waals surface area contributed by atoms with E-state index in [1.54, 1.807) is 4.90 Å². The maximum absolute atomic E-state index is 11.3. The number of nitrogens with two attached hydrogens (primary N) is 2. The summed E-state index contributed by atoms with van der Waals surface area (Å²) in [4.78, 5) is 16.7. The van der Waals surface area contributed by atoms with E-state index in [-0.39, 0.29) is 18.4 Å². The first kappa shape index (κ1) is 11.7. The van der Waals surface area contributed by atoms with Gasteiger partial charge in [0.2, 0.25) is 11.9 Å². The van der Waals surface area contributed by atoms with Gasteiger partial charge in [-0.25, -0.2) is 10.8 Å². The lowest BCUT2D eigenvalue weighted by atomic mass is 10.4. The Morgan fingerprint density at radius 3 is 2.38 bits per heavy atom. The Morgan fingerprint density at radius 2 is 2.00 bits per heavy atom. The van der Waals surface area contributed by atoms with Gasteiger partial charge in [0.15, 0.2) is 0 Å². The second-order valence-electron chi connectivity index (χ2n) is 2.41. The number of nitrogens with one attached hydrogen (secondary N) is 1. The largest absolute Gasteiger partial charge is 0.369 e. The SMILES string of the molecule is CCN(CC)C(=O)CN=C(N)NN. The molecule has 0 saturated carbocycles. The van der Waals surface area contributed by atoms with Gasteiger partial charge in [0.05, 0.1) is 0 Å². The van der Waals surface area contributed by atoms with Crippen LogP contribution in [0.1, 0.15) is 13.8 Å². The number of hydrazine groups is 1. The molecule has 0 saturated heterocycles. The first-order valence-corrected chi connectivity index (χ1v) is 4.20. The van der Waals surface area contributed by atoms with Crippen LogP contribution < -0.4 is 17.0 Å². The number of rotatable bonds is 4. The molecule has 76 valence electrons. The van der Waals surface area contributed by atoms with Crippen molar-refractivity contribution < 1.29 is 4.79 Å². The van der Waals surface area contributed by atoms with Crippen molar-refractivity contribution in [3.8, 4) is 0 Å². The minimum Gasteiger partial charge on any atom is -0.369 e. The van der Waals surface area contributed by atoms with Gasteiger partial charge in [0.1, 0.15) is 6.54 Å². The molecule has 0 radical (unpaired) electrons. The summed E-state index contributed by atoms with van der Waals surface area (Å²) in [5, 5.41) is 0. The van der Waals surface area contributed by atoms with E-state index in [0.29, 0.717) is 13.1 Å². The highest BCUT2D eigenvalue weighted by Crippen LogP contribution is 1.88. The Hall–Kier alpha value is -1.30. The molecule has 6 nitrogen and oxygen atoms in total. The van der Waals surface area contributed by atoms with Crippen molar-refractivity contribution in [1.82, 2.24) is 10.3 Å². The number of carbonyl (C=O) groups excluding carboxylic acids is 1. The highest BCUT2D eigenvalue weighted by Gasteiger charge is 2.07. The topological polar surface area (TPSA) is 96.7 Å². The van der Waals surface area contributed by atoms with Gasteiger partial charge in [-0.2, -0.15) is 0 Å². The summed E-state index contributed by atoms with van der Waals surface area (Å²) in [6.07, 6.45) is 0. The van der Waals surface area contributed by atoms with Crippen LogP contribution in [0.3, 0.4) is 0 Å². The smallest absolute Gasteiger partial charge is 0.244 e. The minimum atomic E-state index is -0.0526. The van der Waals surface area contributed by atoms with Crippen LogP contribution in [0.15, 0.2) is 4.99 Å². The standard InChI is InChI=1S/C7H17N5O/c1-3-12(4-2)6(13)5-10-7(8)11-9/h3-5,9H2,1-2H3,(H3,8,10,11). The number of hydrogen-bond donors (Lipinski definition) is 3.